The van der Waals surface area contributed by atoms with E-state index < -0.39 is 5.54 Å². The summed E-state index contributed by atoms with van der Waals surface area (Å²) in [5, 5.41) is 21.1. The van der Waals surface area contributed by atoms with Crippen LogP contribution in [-0.4, -0.2) is 39.9 Å². The van der Waals surface area contributed by atoms with E-state index in [4.69, 9.17) is 0 Å². The van der Waals surface area contributed by atoms with E-state index in [1.54, 1.807) is 12.4 Å². The number of aromatic nitrogens is 1. The van der Waals surface area contributed by atoms with Gasteiger partial charge >= 0.3 is 0 Å². The average molecular weight is 252 g/mol. The number of carbonyl (C=O) groups excluding carboxylic acids is 1. The highest BCUT2D eigenvalue weighted by Crippen LogP contribution is 2.09. The van der Waals surface area contributed by atoms with Crippen LogP contribution >= 0.6 is 0 Å². The maximum Gasteiger partial charge on any atom is 0.220 e. The normalized spacial score (nSPS) is 11.3. The molecule has 0 saturated carbocycles. The van der Waals surface area contributed by atoms with Gasteiger partial charge in [-0.05, 0) is 24.5 Å². The van der Waals surface area contributed by atoms with Gasteiger partial charge in [0.2, 0.25) is 5.91 Å². The lowest BCUT2D eigenvalue weighted by atomic mass is 9.98. The summed E-state index contributed by atoms with van der Waals surface area (Å²) in [6.07, 6.45) is 4.80. The Balaban J connectivity index is 2.46. The molecule has 1 heterocycles. The van der Waals surface area contributed by atoms with E-state index in [1.165, 1.54) is 0 Å². The molecule has 0 aromatic carbocycles. The predicted molar refractivity (Wildman–Crippen MR) is 67.9 cm³/mol. The Hall–Kier alpha value is -1.46. The molecule has 0 spiro atoms. The molecule has 0 aliphatic heterocycles. The highest BCUT2D eigenvalue weighted by Gasteiger charge is 2.28. The second-order valence-electron chi connectivity index (χ2n) is 4.36. The Kier molecular flexibility index (Phi) is 5.74. The molecule has 1 rings (SSSR count). The summed E-state index contributed by atoms with van der Waals surface area (Å²) in [5.74, 6) is -0.177. The van der Waals surface area contributed by atoms with Crippen LogP contribution < -0.4 is 5.32 Å². The standard InChI is InChI=1S/C13H20N2O3/c1-2-13(9-16,10-17)15-12(18)6-5-11-4-3-7-14-8-11/h3-4,7-8,16-17H,2,5-6,9-10H2,1H3,(H,15,18). The van der Waals surface area contributed by atoms with Crippen LogP contribution in [0, 0.1) is 0 Å². The van der Waals surface area contributed by atoms with Crippen molar-refractivity contribution in [2.45, 2.75) is 31.7 Å². The molecule has 5 nitrogen and oxygen atoms in total. The molecule has 0 aliphatic rings. The maximum atomic E-state index is 11.8. The van der Waals surface area contributed by atoms with Crippen LogP contribution in [0.3, 0.4) is 0 Å². The molecule has 0 atom stereocenters. The van der Waals surface area contributed by atoms with Crippen LogP contribution in [0.4, 0.5) is 0 Å². The number of pyridine rings is 1. The topological polar surface area (TPSA) is 82.5 Å². The van der Waals surface area contributed by atoms with Gasteiger partial charge in [0, 0.05) is 18.8 Å². The lowest BCUT2D eigenvalue weighted by Crippen LogP contribution is -2.53. The van der Waals surface area contributed by atoms with Crippen molar-refractivity contribution in [3.8, 4) is 0 Å². The third-order valence-electron chi connectivity index (χ3n) is 3.05. The Morgan fingerprint density at radius 1 is 1.44 bits per heavy atom. The summed E-state index contributed by atoms with van der Waals surface area (Å²) in [6.45, 7) is 1.28. The van der Waals surface area contributed by atoms with Crippen molar-refractivity contribution >= 4 is 5.91 Å². The third kappa shape index (κ3) is 4.09. The number of hydrogen-bond acceptors (Lipinski definition) is 4. The second kappa shape index (κ2) is 7.08. The van der Waals surface area contributed by atoms with Crippen LogP contribution in [-0.2, 0) is 11.2 Å². The molecule has 0 bridgehead atoms. The fraction of sp³-hybridized carbons (Fsp3) is 0.538. The number of aliphatic hydroxyl groups is 2. The molecule has 5 heteroatoms. The van der Waals surface area contributed by atoms with E-state index in [9.17, 15) is 15.0 Å². The van der Waals surface area contributed by atoms with Gasteiger partial charge in [0.1, 0.15) is 0 Å². The second-order valence-corrected chi connectivity index (χ2v) is 4.36. The Labute approximate surface area is 107 Å². The van der Waals surface area contributed by atoms with Crippen molar-refractivity contribution in [2.24, 2.45) is 0 Å². The molecule has 0 saturated heterocycles. The zero-order valence-corrected chi connectivity index (χ0v) is 10.6. The molecule has 1 aromatic rings. The van der Waals surface area contributed by atoms with Crippen LogP contribution in [0.15, 0.2) is 24.5 Å². The Morgan fingerprint density at radius 3 is 2.67 bits per heavy atom. The first-order valence-electron chi connectivity index (χ1n) is 6.07. The summed E-state index contributed by atoms with van der Waals surface area (Å²) >= 11 is 0. The number of amides is 1. The fourth-order valence-corrected chi connectivity index (χ4v) is 1.60. The van der Waals surface area contributed by atoms with E-state index in [0.29, 0.717) is 19.3 Å². The fourth-order valence-electron chi connectivity index (χ4n) is 1.60. The van der Waals surface area contributed by atoms with Gasteiger partial charge in [-0.1, -0.05) is 13.0 Å². The van der Waals surface area contributed by atoms with E-state index in [2.05, 4.69) is 10.3 Å². The molecule has 1 amide bonds. The minimum absolute atomic E-state index is 0.177. The van der Waals surface area contributed by atoms with Gasteiger partial charge in [-0.3, -0.25) is 9.78 Å². The number of hydrogen-bond donors (Lipinski definition) is 3. The quantitative estimate of drug-likeness (QED) is 0.650. The number of nitrogens with zero attached hydrogens (tertiary/aromatic N) is 1. The number of nitrogens with one attached hydrogen (secondary N) is 1. The molecule has 100 valence electrons. The van der Waals surface area contributed by atoms with Gasteiger partial charge < -0.3 is 15.5 Å². The molecule has 0 radical (unpaired) electrons. The highest BCUT2D eigenvalue weighted by molar-refractivity contribution is 5.77. The summed E-state index contributed by atoms with van der Waals surface area (Å²) in [7, 11) is 0. The van der Waals surface area contributed by atoms with Crippen molar-refractivity contribution in [2.75, 3.05) is 13.2 Å². The van der Waals surface area contributed by atoms with Crippen molar-refractivity contribution in [1.29, 1.82) is 0 Å². The van der Waals surface area contributed by atoms with Gasteiger partial charge in [0.25, 0.3) is 0 Å². The first-order valence-corrected chi connectivity index (χ1v) is 6.07. The molecule has 3 N–H and O–H groups in total. The number of carbonyl (C=O) groups is 1. The number of rotatable bonds is 7. The van der Waals surface area contributed by atoms with Crippen molar-refractivity contribution in [3.63, 3.8) is 0 Å². The maximum absolute atomic E-state index is 11.8. The minimum atomic E-state index is -0.911. The van der Waals surface area contributed by atoms with Crippen molar-refractivity contribution < 1.29 is 15.0 Å². The zero-order valence-electron chi connectivity index (χ0n) is 10.6. The lowest BCUT2D eigenvalue weighted by molar-refractivity contribution is -0.124. The van der Waals surface area contributed by atoms with Crippen LogP contribution in [0.1, 0.15) is 25.3 Å². The summed E-state index contributed by atoms with van der Waals surface area (Å²) < 4.78 is 0. The molecule has 0 fully saturated rings. The predicted octanol–water partition coefficient (Wildman–Crippen LogP) is 0.264. The largest absolute Gasteiger partial charge is 0.394 e. The Morgan fingerprint density at radius 2 is 2.17 bits per heavy atom. The van der Waals surface area contributed by atoms with Crippen LogP contribution in [0.2, 0.25) is 0 Å². The van der Waals surface area contributed by atoms with E-state index in [-0.39, 0.29) is 19.1 Å². The van der Waals surface area contributed by atoms with Gasteiger partial charge in [-0.15, -0.1) is 0 Å². The van der Waals surface area contributed by atoms with Gasteiger partial charge in [0.15, 0.2) is 0 Å². The monoisotopic (exact) mass is 252 g/mol. The average Bonchev–Trinajstić information content (AvgIpc) is 2.44. The molecule has 18 heavy (non-hydrogen) atoms. The first-order chi connectivity index (χ1) is 8.65. The number of aliphatic hydroxyl groups excluding tert-OH is 2. The molecule has 1 aromatic heterocycles. The van der Waals surface area contributed by atoms with Crippen molar-refractivity contribution in [1.82, 2.24) is 10.3 Å². The third-order valence-corrected chi connectivity index (χ3v) is 3.05. The van der Waals surface area contributed by atoms with Crippen LogP contribution in [0.5, 0.6) is 0 Å². The molecule has 0 aliphatic carbocycles. The molecule has 0 unspecified atom stereocenters. The summed E-state index contributed by atoms with van der Waals surface area (Å²) in [5.41, 5.74) is 0.0780. The van der Waals surface area contributed by atoms with E-state index in [0.717, 1.165) is 5.56 Å². The van der Waals surface area contributed by atoms with E-state index in [1.807, 2.05) is 19.1 Å². The lowest BCUT2D eigenvalue weighted by Gasteiger charge is -2.29. The van der Waals surface area contributed by atoms with Crippen molar-refractivity contribution in [3.05, 3.63) is 30.1 Å². The van der Waals surface area contributed by atoms with Gasteiger partial charge in [-0.2, -0.15) is 0 Å². The van der Waals surface area contributed by atoms with Gasteiger partial charge in [0.05, 0.1) is 18.8 Å². The summed E-state index contributed by atoms with van der Waals surface area (Å²) in [6, 6.07) is 3.73. The zero-order chi connectivity index (χ0) is 13.4. The highest BCUT2D eigenvalue weighted by atomic mass is 16.3. The SMILES string of the molecule is CCC(CO)(CO)NC(=O)CCc1cccnc1. The van der Waals surface area contributed by atoms with Crippen LogP contribution in [0.25, 0.3) is 0 Å². The molecular weight excluding hydrogens is 232 g/mol. The van der Waals surface area contributed by atoms with Gasteiger partial charge in [-0.25, -0.2) is 0 Å². The summed E-state index contributed by atoms with van der Waals surface area (Å²) in [4.78, 5) is 15.7. The minimum Gasteiger partial charge on any atom is -0.394 e. The number of aryl methyl sites for hydroxylation is 1. The molecular formula is C13H20N2O3. The smallest absolute Gasteiger partial charge is 0.220 e. The van der Waals surface area contributed by atoms with E-state index >= 15 is 0 Å². The Bertz CT molecular complexity index is 355. The first kappa shape index (κ1) is 14.6.